The molecule has 1 unspecified atom stereocenters. The summed E-state index contributed by atoms with van der Waals surface area (Å²) in [5.74, 6) is -0.271. The molecule has 0 fully saturated rings. The van der Waals surface area contributed by atoms with Crippen molar-refractivity contribution in [3.05, 3.63) is 70.2 Å². The van der Waals surface area contributed by atoms with Gasteiger partial charge in [-0.15, -0.1) is 0 Å². The van der Waals surface area contributed by atoms with Crippen molar-refractivity contribution in [1.82, 2.24) is 5.32 Å². The Labute approximate surface area is 150 Å². The number of benzene rings is 2. The van der Waals surface area contributed by atoms with E-state index in [1.54, 1.807) is 18.2 Å². The fourth-order valence-electron chi connectivity index (χ4n) is 2.17. The molecule has 5 heteroatoms. The predicted octanol–water partition coefficient (Wildman–Crippen LogP) is 4.30. The summed E-state index contributed by atoms with van der Waals surface area (Å²) in [6.07, 6.45) is 3.24. The zero-order valence-corrected chi connectivity index (χ0v) is 15.1. The minimum absolute atomic E-state index is 0.0817. The lowest BCUT2D eigenvalue weighted by atomic mass is 10.1. The van der Waals surface area contributed by atoms with Gasteiger partial charge in [0.05, 0.1) is 6.04 Å². The molecule has 2 N–H and O–H groups in total. The Balaban J connectivity index is 1.93. The summed E-state index contributed by atoms with van der Waals surface area (Å²) in [6.45, 7) is 3.40. The van der Waals surface area contributed by atoms with Crippen molar-refractivity contribution in [2.45, 2.75) is 19.9 Å². The van der Waals surface area contributed by atoms with E-state index in [-0.39, 0.29) is 17.9 Å². The van der Waals surface area contributed by atoms with Crippen LogP contribution in [0.15, 0.2) is 59.1 Å². The summed E-state index contributed by atoms with van der Waals surface area (Å²) in [4.78, 5) is 23.0. The zero-order valence-electron chi connectivity index (χ0n) is 13.5. The SMILES string of the molecule is CC(=O)Nc1ccc(/C=C/C(=O)NC(C)c2cccc(Br)c2)cc1. The Morgan fingerprint density at radius 2 is 1.83 bits per heavy atom. The third kappa shape index (κ3) is 5.66. The molecule has 2 amide bonds. The first kappa shape index (κ1) is 17.9. The van der Waals surface area contributed by atoms with Gasteiger partial charge in [-0.25, -0.2) is 0 Å². The maximum Gasteiger partial charge on any atom is 0.244 e. The fourth-order valence-corrected chi connectivity index (χ4v) is 2.59. The average molecular weight is 387 g/mol. The minimum atomic E-state index is -0.159. The van der Waals surface area contributed by atoms with Crippen LogP contribution in [0.4, 0.5) is 5.69 Å². The van der Waals surface area contributed by atoms with Crippen LogP contribution in [0.5, 0.6) is 0 Å². The molecule has 0 spiro atoms. The Bertz CT molecular complexity index is 754. The molecule has 0 saturated carbocycles. The largest absolute Gasteiger partial charge is 0.346 e. The van der Waals surface area contributed by atoms with Gasteiger partial charge in [0.15, 0.2) is 0 Å². The first-order valence-electron chi connectivity index (χ1n) is 7.56. The molecular formula is C19H19BrN2O2. The molecule has 124 valence electrons. The normalized spacial score (nSPS) is 12.0. The quantitative estimate of drug-likeness (QED) is 0.752. The van der Waals surface area contributed by atoms with Crippen LogP contribution in [0.1, 0.15) is 31.0 Å². The summed E-state index contributed by atoms with van der Waals surface area (Å²) in [5, 5.41) is 5.63. The second kappa shape index (κ2) is 8.45. The van der Waals surface area contributed by atoms with Gasteiger partial charge in [0.2, 0.25) is 11.8 Å². The van der Waals surface area contributed by atoms with Gasteiger partial charge < -0.3 is 10.6 Å². The summed E-state index contributed by atoms with van der Waals surface area (Å²) in [5.41, 5.74) is 2.65. The first-order chi connectivity index (χ1) is 11.4. The van der Waals surface area contributed by atoms with E-state index >= 15 is 0 Å². The van der Waals surface area contributed by atoms with Gasteiger partial charge in [0, 0.05) is 23.2 Å². The molecule has 0 radical (unpaired) electrons. The third-order valence-electron chi connectivity index (χ3n) is 3.37. The second-order valence-corrected chi connectivity index (χ2v) is 6.34. The number of halogens is 1. The van der Waals surface area contributed by atoms with Gasteiger partial charge in [-0.2, -0.15) is 0 Å². The highest BCUT2D eigenvalue weighted by Crippen LogP contribution is 2.18. The van der Waals surface area contributed by atoms with E-state index in [0.29, 0.717) is 0 Å². The highest BCUT2D eigenvalue weighted by Gasteiger charge is 2.07. The molecule has 0 bridgehead atoms. The molecule has 2 rings (SSSR count). The van der Waals surface area contributed by atoms with Crippen molar-refractivity contribution >= 4 is 39.5 Å². The lowest BCUT2D eigenvalue weighted by Gasteiger charge is -2.13. The molecule has 2 aromatic carbocycles. The maximum atomic E-state index is 12.0. The third-order valence-corrected chi connectivity index (χ3v) is 3.86. The van der Waals surface area contributed by atoms with Crippen LogP contribution in [-0.2, 0) is 9.59 Å². The summed E-state index contributed by atoms with van der Waals surface area (Å²) in [7, 11) is 0. The molecule has 4 nitrogen and oxygen atoms in total. The molecule has 0 heterocycles. The van der Waals surface area contributed by atoms with Crippen molar-refractivity contribution in [3.63, 3.8) is 0 Å². The van der Waals surface area contributed by atoms with Gasteiger partial charge in [-0.1, -0.05) is 40.2 Å². The number of hydrogen-bond acceptors (Lipinski definition) is 2. The molecule has 0 saturated heterocycles. The van der Waals surface area contributed by atoms with Gasteiger partial charge in [-0.05, 0) is 48.4 Å². The van der Waals surface area contributed by atoms with E-state index in [2.05, 4.69) is 26.6 Å². The van der Waals surface area contributed by atoms with Gasteiger partial charge in [-0.3, -0.25) is 9.59 Å². The van der Waals surface area contributed by atoms with Crippen LogP contribution >= 0.6 is 15.9 Å². The lowest BCUT2D eigenvalue weighted by Crippen LogP contribution is -2.24. The van der Waals surface area contributed by atoms with Crippen LogP contribution in [0.3, 0.4) is 0 Å². The van der Waals surface area contributed by atoms with E-state index in [1.165, 1.54) is 13.0 Å². The van der Waals surface area contributed by atoms with Gasteiger partial charge in [0.1, 0.15) is 0 Å². The fraction of sp³-hybridized carbons (Fsp3) is 0.158. The minimum Gasteiger partial charge on any atom is -0.346 e. The number of nitrogens with one attached hydrogen (secondary N) is 2. The lowest BCUT2D eigenvalue weighted by molar-refractivity contribution is -0.117. The van der Waals surface area contributed by atoms with Gasteiger partial charge >= 0.3 is 0 Å². The van der Waals surface area contributed by atoms with E-state index in [9.17, 15) is 9.59 Å². The Kier molecular flexibility index (Phi) is 6.32. The topological polar surface area (TPSA) is 58.2 Å². The molecule has 0 aliphatic carbocycles. The van der Waals surface area contributed by atoms with Crippen LogP contribution in [0, 0.1) is 0 Å². The number of carbonyl (C=O) groups is 2. The molecule has 2 aromatic rings. The zero-order chi connectivity index (χ0) is 17.5. The highest BCUT2D eigenvalue weighted by molar-refractivity contribution is 9.10. The smallest absolute Gasteiger partial charge is 0.244 e. The predicted molar refractivity (Wildman–Crippen MR) is 100 cm³/mol. The van der Waals surface area contributed by atoms with E-state index in [4.69, 9.17) is 0 Å². The van der Waals surface area contributed by atoms with E-state index < -0.39 is 0 Å². The molecule has 0 aliphatic heterocycles. The Hall–Kier alpha value is -2.40. The van der Waals surface area contributed by atoms with E-state index in [0.717, 1.165) is 21.3 Å². The average Bonchev–Trinajstić information content (AvgIpc) is 2.53. The first-order valence-corrected chi connectivity index (χ1v) is 8.35. The van der Waals surface area contributed by atoms with Gasteiger partial charge in [0.25, 0.3) is 0 Å². The van der Waals surface area contributed by atoms with Crippen LogP contribution < -0.4 is 10.6 Å². The van der Waals surface area contributed by atoms with Crippen molar-refractivity contribution in [2.24, 2.45) is 0 Å². The monoisotopic (exact) mass is 386 g/mol. The summed E-state index contributed by atoms with van der Waals surface area (Å²) in [6, 6.07) is 15.0. The molecule has 1 atom stereocenters. The van der Waals surface area contributed by atoms with Crippen LogP contribution in [0.25, 0.3) is 6.08 Å². The van der Waals surface area contributed by atoms with E-state index in [1.807, 2.05) is 43.3 Å². The number of carbonyl (C=O) groups excluding carboxylic acids is 2. The Morgan fingerprint density at radius 3 is 2.46 bits per heavy atom. The number of hydrogen-bond donors (Lipinski definition) is 2. The molecule has 0 aliphatic rings. The number of anilines is 1. The Morgan fingerprint density at radius 1 is 1.12 bits per heavy atom. The van der Waals surface area contributed by atoms with Crippen molar-refractivity contribution in [1.29, 1.82) is 0 Å². The molecule has 0 aromatic heterocycles. The highest BCUT2D eigenvalue weighted by atomic mass is 79.9. The van der Waals surface area contributed by atoms with Crippen molar-refractivity contribution in [3.8, 4) is 0 Å². The van der Waals surface area contributed by atoms with Crippen molar-refractivity contribution in [2.75, 3.05) is 5.32 Å². The van der Waals surface area contributed by atoms with Crippen LogP contribution in [0.2, 0.25) is 0 Å². The summed E-state index contributed by atoms with van der Waals surface area (Å²) >= 11 is 3.43. The maximum absolute atomic E-state index is 12.0. The summed E-state index contributed by atoms with van der Waals surface area (Å²) < 4.78 is 0.982. The standard InChI is InChI=1S/C19H19BrN2O2/c1-13(16-4-3-5-17(20)12-16)21-19(24)11-8-15-6-9-18(10-7-15)22-14(2)23/h3-13H,1-2H3,(H,21,24)(H,22,23)/b11-8+. The molecular weight excluding hydrogens is 368 g/mol. The van der Waals surface area contributed by atoms with Crippen LogP contribution in [-0.4, -0.2) is 11.8 Å². The number of rotatable bonds is 5. The molecule has 24 heavy (non-hydrogen) atoms. The number of amides is 2. The van der Waals surface area contributed by atoms with Crippen molar-refractivity contribution < 1.29 is 9.59 Å². The second-order valence-electron chi connectivity index (χ2n) is 5.42.